The lowest BCUT2D eigenvalue weighted by Gasteiger charge is -2.33. The third kappa shape index (κ3) is 4.75. The SMILES string of the molecule is C[C@H]1OCc2c1c(N)nc1ccc(C(=O)N(CCC3CC(O)C3)Cc3ccc(C(F)(F)F)cn3)cc21. The summed E-state index contributed by atoms with van der Waals surface area (Å²) in [7, 11) is 0. The van der Waals surface area contributed by atoms with Crippen molar-refractivity contribution >= 4 is 22.6 Å². The average Bonchev–Trinajstić information content (AvgIpc) is 3.22. The van der Waals surface area contributed by atoms with Crippen molar-refractivity contribution in [2.75, 3.05) is 12.3 Å². The number of alkyl halides is 3. The third-order valence-corrected chi connectivity index (χ3v) is 7.11. The molecule has 2 aromatic heterocycles. The number of aromatic nitrogens is 2. The van der Waals surface area contributed by atoms with Crippen LogP contribution in [0.1, 0.15) is 65.0 Å². The molecule has 1 amide bonds. The van der Waals surface area contributed by atoms with Crippen LogP contribution in [-0.2, 0) is 24.1 Å². The quantitative estimate of drug-likeness (QED) is 0.512. The molecule has 5 rings (SSSR count). The van der Waals surface area contributed by atoms with Crippen LogP contribution in [0.3, 0.4) is 0 Å². The molecule has 10 heteroatoms. The molecule has 3 aromatic rings. The highest BCUT2D eigenvalue weighted by atomic mass is 19.4. The first kappa shape index (κ1) is 24.5. The topological polar surface area (TPSA) is 102 Å². The second-order valence-electron chi connectivity index (χ2n) is 9.62. The van der Waals surface area contributed by atoms with Crippen LogP contribution in [0.2, 0.25) is 0 Å². The monoisotopic (exact) mass is 500 g/mol. The minimum absolute atomic E-state index is 0.0719. The minimum Gasteiger partial charge on any atom is -0.393 e. The zero-order valence-electron chi connectivity index (χ0n) is 19.8. The maximum atomic E-state index is 13.6. The lowest BCUT2D eigenvalue weighted by molar-refractivity contribution is -0.137. The largest absolute Gasteiger partial charge is 0.417 e. The number of nitrogens with zero attached hydrogens (tertiary/aromatic N) is 3. The molecule has 3 N–H and O–H groups in total. The van der Waals surface area contributed by atoms with Gasteiger partial charge >= 0.3 is 6.18 Å². The first-order valence-electron chi connectivity index (χ1n) is 11.9. The number of hydrogen-bond acceptors (Lipinski definition) is 6. The number of rotatable bonds is 6. The van der Waals surface area contributed by atoms with Crippen LogP contribution >= 0.6 is 0 Å². The minimum atomic E-state index is -4.48. The molecule has 0 unspecified atom stereocenters. The van der Waals surface area contributed by atoms with E-state index in [0.29, 0.717) is 60.9 Å². The second-order valence-corrected chi connectivity index (χ2v) is 9.62. The molecule has 1 aromatic carbocycles. The standard InChI is InChI=1S/C26H27F3N4O3/c1-14-23-21(13-36-14)20-10-16(2-5-22(20)32-24(23)30)25(35)33(7-6-15-8-19(34)9-15)12-18-4-3-17(11-31-18)26(27,28)29/h2-5,10-11,14-15,19,34H,6-9,12-13H2,1H3,(H2,30,32)/t14-,15?,19?/m1/s1. The smallest absolute Gasteiger partial charge is 0.393 e. The van der Waals surface area contributed by atoms with Gasteiger partial charge in [0.05, 0.1) is 42.1 Å². The van der Waals surface area contributed by atoms with Crippen molar-refractivity contribution < 1.29 is 27.8 Å². The molecule has 1 saturated carbocycles. The Morgan fingerprint density at radius 1 is 1.25 bits per heavy atom. The van der Waals surface area contributed by atoms with E-state index < -0.39 is 11.7 Å². The van der Waals surface area contributed by atoms with E-state index in [1.54, 1.807) is 23.1 Å². The summed E-state index contributed by atoms with van der Waals surface area (Å²) in [6.07, 6.45) is -2.11. The van der Waals surface area contributed by atoms with Gasteiger partial charge in [0.25, 0.3) is 5.91 Å². The highest BCUT2D eigenvalue weighted by molar-refractivity contribution is 5.99. The summed E-state index contributed by atoms with van der Waals surface area (Å²) in [5, 5.41) is 10.4. The zero-order chi connectivity index (χ0) is 25.6. The van der Waals surface area contributed by atoms with E-state index in [1.807, 2.05) is 6.92 Å². The van der Waals surface area contributed by atoms with Gasteiger partial charge in [-0.05, 0) is 68.0 Å². The van der Waals surface area contributed by atoms with Crippen molar-refractivity contribution in [3.63, 3.8) is 0 Å². The molecular weight excluding hydrogens is 473 g/mol. The predicted molar refractivity (Wildman–Crippen MR) is 127 cm³/mol. The molecule has 0 saturated heterocycles. The van der Waals surface area contributed by atoms with Gasteiger partial charge in [-0.3, -0.25) is 9.78 Å². The van der Waals surface area contributed by atoms with Crippen LogP contribution in [0.4, 0.5) is 19.0 Å². The highest BCUT2D eigenvalue weighted by Gasteiger charge is 2.32. The molecular formula is C26H27F3N4O3. The van der Waals surface area contributed by atoms with E-state index in [0.717, 1.165) is 28.8 Å². The molecule has 3 heterocycles. The summed E-state index contributed by atoms with van der Waals surface area (Å²) in [4.78, 5) is 23.7. The van der Waals surface area contributed by atoms with Gasteiger partial charge in [0.2, 0.25) is 0 Å². The first-order chi connectivity index (χ1) is 17.1. The molecule has 36 heavy (non-hydrogen) atoms. The lowest BCUT2D eigenvalue weighted by atomic mass is 9.80. The van der Waals surface area contributed by atoms with Gasteiger partial charge in [0.1, 0.15) is 5.82 Å². The van der Waals surface area contributed by atoms with Gasteiger partial charge < -0.3 is 20.5 Å². The fraction of sp³-hybridized carbons (Fsp3) is 0.423. The number of carbonyl (C=O) groups is 1. The summed E-state index contributed by atoms with van der Waals surface area (Å²) in [6.45, 7) is 2.75. The van der Waals surface area contributed by atoms with E-state index in [9.17, 15) is 23.1 Å². The fourth-order valence-corrected chi connectivity index (χ4v) is 4.99. The number of anilines is 1. The van der Waals surface area contributed by atoms with Gasteiger partial charge in [-0.15, -0.1) is 0 Å². The molecule has 7 nitrogen and oxygen atoms in total. The molecule has 0 spiro atoms. The van der Waals surface area contributed by atoms with Crippen LogP contribution in [0.15, 0.2) is 36.5 Å². The van der Waals surface area contributed by atoms with E-state index in [4.69, 9.17) is 10.5 Å². The Bertz CT molecular complexity index is 1290. The molecule has 0 bridgehead atoms. The van der Waals surface area contributed by atoms with Crippen LogP contribution < -0.4 is 5.73 Å². The average molecular weight is 501 g/mol. The summed E-state index contributed by atoms with van der Waals surface area (Å²) < 4.78 is 44.6. The lowest BCUT2D eigenvalue weighted by Crippen LogP contribution is -2.36. The van der Waals surface area contributed by atoms with Crippen LogP contribution in [-0.4, -0.2) is 38.5 Å². The second kappa shape index (κ2) is 9.33. The number of carbonyl (C=O) groups excluding carboxylic acids is 1. The predicted octanol–water partition coefficient (Wildman–Crippen LogP) is 4.63. The van der Waals surface area contributed by atoms with Gasteiger partial charge in [-0.1, -0.05) is 0 Å². The summed E-state index contributed by atoms with van der Waals surface area (Å²) in [5.41, 5.74) is 8.52. The zero-order valence-corrected chi connectivity index (χ0v) is 19.8. The fourth-order valence-electron chi connectivity index (χ4n) is 4.99. The molecule has 0 radical (unpaired) electrons. The van der Waals surface area contributed by atoms with Crippen LogP contribution in [0.25, 0.3) is 10.9 Å². The number of ether oxygens (including phenoxy) is 1. The Hall–Kier alpha value is -3.24. The van der Waals surface area contributed by atoms with E-state index >= 15 is 0 Å². The number of fused-ring (bicyclic) bond motifs is 3. The Morgan fingerprint density at radius 2 is 2.03 bits per heavy atom. The Kier molecular flexibility index (Phi) is 6.34. The van der Waals surface area contributed by atoms with Gasteiger partial charge in [0, 0.05) is 29.3 Å². The number of pyridine rings is 2. The number of nitrogen functional groups attached to an aromatic ring is 1. The number of hydrogen-bond donors (Lipinski definition) is 2. The van der Waals surface area contributed by atoms with Crippen LogP contribution in [0.5, 0.6) is 0 Å². The van der Waals surface area contributed by atoms with Crippen molar-refractivity contribution in [1.82, 2.24) is 14.9 Å². The van der Waals surface area contributed by atoms with Crippen molar-refractivity contribution in [1.29, 1.82) is 0 Å². The maximum absolute atomic E-state index is 13.6. The van der Waals surface area contributed by atoms with E-state index in [2.05, 4.69) is 9.97 Å². The van der Waals surface area contributed by atoms with Gasteiger partial charge in [0.15, 0.2) is 0 Å². The molecule has 1 aliphatic heterocycles. The normalized spacial score (nSPS) is 21.3. The van der Waals surface area contributed by atoms with Crippen molar-refractivity contribution in [2.45, 2.75) is 57.7 Å². The number of aliphatic hydroxyl groups is 1. The number of nitrogens with two attached hydrogens (primary N) is 1. The maximum Gasteiger partial charge on any atom is 0.417 e. The van der Waals surface area contributed by atoms with Gasteiger partial charge in [-0.2, -0.15) is 13.2 Å². The van der Waals surface area contributed by atoms with Crippen LogP contribution in [0, 0.1) is 5.92 Å². The van der Waals surface area contributed by atoms with Crippen molar-refractivity contribution in [2.24, 2.45) is 5.92 Å². The highest BCUT2D eigenvalue weighted by Crippen LogP contribution is 2.38. The van der Waals surface area contributed by atoms with E-state index in [-0.39, 0.29) is 24.7 Å². The van der Waals surface area contributed by atoms with Crippen molar-refractivity contribution in [3.8, 4) is 0 Å². The Labute approximate surface area is 206 Å². The number of aliphatic hydroxyl groups excluding tert-OH is 1. The van der Waals surface area contributed by atoms with Crippen molar-refractivity contribution in [3.05, 3.63) is 64.5 Å². The Morgan fingerprint density at radius 3 is 2.69 bits per heavy atom. The molecule has 1 atom stereocenters. The number of benzene rings is 1. The number of halogens is 3. The third-order valence-electron chi connectivity index (χ3n) is 7.11. The first-order valence-corrected chi connectivity index (χ1v) is 11.9. The molecule has 2 aliphatic rings. The summed E-state index contributed by atoms with van der Waals surface area (Å²) >= 11 is 0. The molecule has 190 valence electrons. The van der Waals surface area contributed by atoms with Gasteiger partial charge in [-0.25, -0.2) is 4.98 Å². The summed E-state index contributed by atoms with van der Waals surface area (Å²) in [5.74, 6) is 0.469. The number of amides is 1. The van der Waals surface area contributed by atoms with E-state index in [1.165, 1.54) is 6.07 Å². The Balaban J connectivity index is 1.43. The summed E-state index contributed by atoms with van der Waals surface area (Å²) in [6, 6.07) is 7.49. The molecule has 1 aliphatic carbocycles. The molecule has 1 fully saturated rings.